The zero-order chi connectivity index (χ0) is 16.7. The Balaban J connectivity index is 2.11. The van der Waals surface area contributed by atoms with Crippen LogP contribution in [0, 0.1) is 0 Å². The number of anilines is 2. The van der Waals surface area contributed by atoms with E-state index in [0.29, 0.717) is 24.4 Å². The molecule has 0 atom stereocenters. The van der Waals surface area contributed by atoms with E-state index in [1.54, 1.807) is 36.1 Å². The molecule has 0 aliphatic heterocycles. The standard InChI is InChI=1S/C18H20N2O3/c1-3-20(16-8-6-5-7-9-16)17(21)14-10-12-15(13-11-14)19-18(22)23-4-2/h5-13H,3-4H2,1-2H3,(H,19,22). The summed E-state index contributed by atoms with van der Waals surface area (Å²) in [5.41, 5.74) is 2.00. The van der Waals surface area contributed by atoms with E-state index in [0.717, 1.165) is 5.69 Å². The molecular weight excluding hydrogens is 292 g/mol. The molecule has 0 unspecified atom stereocenters. The molecule has 0 saturated heterocycles. The molecule has 2 aromatic carbocycles. The molecule has 120 valence electrons. The quantitative estimate of drug-likeness (QED) is 0.910. The Hall–Kier alpha value is -2.82. The number of carbonyl (C=O) groups is 2. The fourth-order valence-corrected chi connectivity index (χ4v) is 2.19. The lowest BCUT2D eigenvalue weighted by Gasteiger charge is -2.21. The van der Waals surface area contributed by atoms with Crippen LogP contribution in [-0.4, -0.2) is 25.2 Å². The van der Waals surface area contributed by atoms with E-state index >= 15 is 0 Å². The van der Waals surface area contributed by atoms with E-state index in [1.807, 2.05) is 37.3 Å². The number of nitrogens with one attached hydrogen (secondary N) is 1. The van der Waals surface area contributed by atoms with Gasteiger partial charge in [0.15, 0.2) is 0 Å². The Kier molecular flexibility index (Phi) is 5.74. The maximum Gasteiger partial charge on any atom is 0.411 e. The minimum atomic E-state index is -0.508. The van der Waals surface area contributed by atoms with Crippen LogP contribution in [0.5, 0.6) is 0 Å². The van der Waals surface area contributed by atoms with E-state index in [2.05, 4.69) is 5.32 Å². The Morgan fingerprint density at radius 3 is 2.22 bits per heavy atom. The molecule has 2 amide bonds. The monoisotopic (exact) mass is 312 g/mol. The van der Waals surface area contributed by atoms with E-state index in [9.17, 15) is 9.59 Å². The van der Waals surface area contributed by atoms with Gasteiger partial charge in [0.2, 0.25) is 0 Å². The lowest BCUT2D eigenvalue weighted by atomic mass is 10.1. The normalized spacial score (nSPS) is 10.0. The third kappa shape index (κ3) is 4.32. The number of nitrogens with zero attached hydrogens (tertiary/aromatic N) is 1. The number of rotatable bonds is 5. The number of benzene rings is 2. The molecule has 0 bridgehead atoms. The summed E-state index contributed by atoms with van der Waals surface area (Å²) in [5, 5.41) is 2.60. The number of amides is 2. The Morgan fingerprint density at radius 1 is 1.00 bits per heavy atom. The largest absolute Gasteiger partial charge is 0.450 e. The van der Waals surface area contributed by atoms with Crippen molar-refractivity contribution in [2.45, 2.75) is 13.8 Å². The third-order valence-corrected chi connectivity index (χ3v) is 3.28. The van der Waals surface area contributed by atoms with Crippen molar-refractivity contribution in [1.82, 2.24) is 0 Å². The summed E-state index contributed by atoms with van der Waals surface area (Å²) in [4.78, 5) is 25.7. The van der Waals surface area contributed by atoms with Gasteiger partial charge in [-0.25, -0.2) is 4.79 Å². The Bertz CT molecular complexity index is 654. The van der Waals surface area contributed by atoms with Gasteiger partial charge in [0, 0.05) is 23.5 Å². The molecule has 0 heterocycles. The molecule has 0 spiro atoms. The summed E-state index contributed by atoms with van der Waals surface area (Å²) in [6.07, 6.45) is -0.508. The highest BCUT2D eigenvalue weighted by Crippen LogP contribution is 2.18. The number of hydrogen-bond donors (Lipinski definition) is 1. The van der Waals surface area contributed by atoms with Crippen LogP contribution in [0.1, 0.15) is 24.2 Å². The van der Waals surface area contributed by atoms with Gasteiger partial charge < -0.3 is 9.64 Å². The average molecular weight is 312 g/mol. The smallest absolute Gasteiger partial charge is 0.411 e. The predicted molar refractivity (Wildman–Crippen MR) is 90.9 cm³/mol. The van der Waals surface area contributed by atoms with Gasteiger partial charge in [-0.2, -0.15) is 0 Å². The second-order valence-electron chi connectivity index (χ2n) is 4.81. The van der Waals surface area contributed by atoms with Gasteiger partial charge in [-0.05, 0) is 50.2 Å². The van der Waals surface area contributed by atoms with Crippen LogP contribution in [0.2, 0.25) is 0 Å². The molecular formula is C18H20N2O3. The van der Waals surface area contributed by atoms with E-state index in [4.69, 9.17) is 4.74 Å². The van der Waals surface area contributed by atoms with Crippen LogP contribution < -0.4 is 10.2 Å². The molecule has 0 aliphatic rings. The van der Waals surface area contributed by atoms with Crippen molar-refractivity contribution >= 4 is 23.4 Å². The van der Waals surface area contributed by atoms with Crippen molar-refractivity contribution in [2.24, 2.45) is 0 Å². The first kappa shape index (κ1) is 16.5. The van der Waals surface area contributed by atoms with Crippen molar-refractivity contribution in [3.63, 3.8) is 0 Å². The second-order valence-corrected chi connectivity index (χ2v) is 4.81. The molecule has 0 aliphatic carbocycles. The van der Waals surface area contributed by atoms with E-state index in [-0.39, 0.29) is 5.91 Å². The molecule has 23 heavy (non-hydrogen) atoms. The lowest BCUT2D eigenvalue weighted by Crippen LogP contribution is -2.30. The van der Waals surface area contributed by atoms with Crippen LogP contribution in [0.3, 0.4) is 0 Å². The molecule has 0 radical (unpaired) electrons. The topological polar surface area (TPSA) is 58.6 Å². The second kappa shape index (κ2) is 7.98. The Morgan fingerprint density at radius 2 is 1.65 bits per heavy atom. The zero-order valence-electron chi connectivity index (χ0n) is 13.3. The molecule has 0 fully saturated rings. The predicted octanol–water partition coefficient (Wildman–Crippen LogP) is 3.92. The highest BCUT2D eigenvalue weighted by atomic mass is 16.5. The van der Waals surface area contributed by atoms with Crippen LogP contribution in [0.25, 0.3) is 0 Å². The third-order valence-electron chi connectivity index (χ3n) is 3.28. The first-order valence-corrected chi connectivity index (χ1v) is 7.56. The van der Waals surface area contributed by atoms with Gasteiger partial charge >= 0.3 is 6.09 Å². The summed E-state index contributed by atoms with van der Waals surface area (Å²) in [7, 11) is 0. The van der Waals surface area contributed by atoms with Crippen molar-refractivity contribution in [1.29, 1.82) is 0 Å². The minimum Gasteiger partial charge on any atom is -0.450 e. The number of para-hydroxylation sites is 1. The van der Waals surface area contributed by atoms with Gasteiger partial charge in [-0.3, -0.25) is 10.1 Å². The minimum absolute atomic E-state index is 0.0821. The zero-order valence-corrected chi connectivity index (χ0v) is 13.3. The van der Waals surface area contributed by atoms with Gasteiger partial charge in [-0.15, -0.1) is 0 Å². The number of ether oxygens (including phenoxy) is 1. The maximum absolute atomic E-state index is 12.6. The molecule has 0 saturated carbocycles. The number of hydrogen-bond acceptors (Lipinski definition) is 3. The maximum atomic E-state index is 12.6. The van der Waals surface area contributed by atoms with Crippen LogP contribution in [0.15, 0.2) is 54.6 Å². The average Bonchev–Trinajstić information content (AvgIpc) is 2.57. The highest BCUT2D eigenvalue weighted by molar-refractivity contribution is 6.06. The van der Waals surface area contributed by atoms with Crippen molar-refractivity contribution in [3.8, 4) is 0 Å². The molecule has 2 rings (SSSR count). The van der Waals surface area contributed by atoms with E-state index in [1.165, 1.54) is 0 Å². The van der Waals surface area contributed by atoms with Gasteiger partial charge in [0.25, 0.3) is 5.91 Å². The first-order valence-electron chi connectivity index (χ1n) is 7.56. The molecule has 1 N–H and O–H groups in total. The van der Waals surface area contributed by atoms with Gasteiger partial charge in [0.1, 0.15) is 0 Å². The molecule has 5 heteroatoms. The van der Waals surface area contributed by atoms with Crippen molar-refractivity contribution < 1.29 is 14.3 Å². The Labute approximate surface area is 135 Å². The number of carbonyl (C=O) groups excluding carboxylic acids is 2. The van der Waals surface area contributed by atoms with Crippen molar-refractivity contribution in [2.75, 3.05) is 23.4 Å². The summed E-state index contributed by atoms with van der Waals surface area (Å²) < 4.78 is 4.81. The van der Waals surface area contributed by atoms with Crippen LogP contribution in [0.4, 0.5) is 16.2 Å². The summed E-state index contributed by atoms with van der Waals surface area (Å²) in [6.45, 7) is 4.56. The summed E-state index contributed by atoms with van der Waals surface area (Å²) >= 11 is 0. The van der Waals surface area contributed by atoms with Crippen LogP contribution in [-0.2, 0) is 4.74 Å². The first-order chi connectivity index (χ1) is 11.2. The van der Waals surface area contributed by atoms with Gasteiger partial charge in [0.05, 0.1) is 6.61 Å². The van der Waals surface area contributed by atoms with E-state index < -0.39 is 6.09 Å². The highest BCUT2D eigenvalue weighted by Gasteiger charge is 2.15. The molecule has 0 aromatic heterocycles. The SMILES string of the molecule is CCOC(=O)Nc1ccc(C(=O)N(CC)c2ccccc2)cc1. The molecule has 2 aromatic rings. The van der Waals surface area contributed by atoms with Gasteiger partial charge in [-0.1, -0.05) is 18.2 Å². The van der Waals surface area contributed by atoms with Crippen molar-refractivity contribution in [3.05, 3.63) is 60.2 Å². The lowest BCUT2D eigenvalue weighted by molar-refractivity contribution is 0.0988. The van der Waals surface area contributed by atoms with Crippen LogP contribution >= 0.6 is 0 Å². The summed E-state index contributed by atoms with van der Waals surface area (Å²) in [5.74, 6) is -0.0821. The molecule has 5 nitrogen and oxygen atoms in total. The fourth-order valence-electron chi connectivity index (χ4n) is 2.19. The fraction of sp³-hybridized carbons (Fsp3) is 0.222. The summed E-state index contributed by atoms with van der Waals surface area (Å²) in [6, 6.07) is 16.3.